The van der Waals surface area contributed by atoms with Crippen molar-refractivity contribution in [3.05, 3.63) is 59.9 Å². The van der Waals surface area contributed by atoms with Crippen LogP contribution in [0.1, 0.15) is 28.8 Å². The highest BCUT2D eigenvalue weighted by Gasteiger charge is 2.23. The Morgan fingerprint density at radius 3 is 2.71 bits per heavy atom. The summed E-state index contributed by atoms with van der Waals surface area (Å²) >= 11 is 0. The van der Waals surface area contributed by atoms with Gasteiger partial charge in [-0.1, -0.05) is 30.3 Å². The molecule has 0 saturated carbocycles. The zero-order valence-corrected chi connectivity index (χ0v) is 16.2. The molecule has 2 aromatic rings. The fraction of sp³-hybridized carbons (Fsp3) is 0.455. The van der Waals surface area contributed by atoms with E-state index >= 15 is 0 Å². The molecule has 1 atom stereocenters. The molecule has 2 saturated heterocycles. The number of rotatable bonds is 6. The molecule has 4 rings (SSSR count). The van der Waals surface area contributed by atoms with Crippen molar-refractivity contribution >= 4 is 11.6 Å². The van der Waals surface area contributed by atoms with Crippen molar-refractivity contribution in [1.29, 1.82) is 0 Å². The van der Waals surface area contributed by atoms with Gasteiger partial charge in [0.2, 0.25) is 0 Å². The van der Waals surface area contributed by atoms with E-state index < -0.39 is 0 Å². The predicted molar refractivity (Wildman–Crippen MR) is 109 cm³/mol. The van der Waals surface area contributed by atoms with Crippen molar-refractivity contribution in [1.82, 2.24) is 14.8 Å². The molecule has 1 unspecified atom stereocenters. The van der Waals surface area contributed by atoms with E-state index in [1.807, 2.05) is 17.0 Å². The number of carbonyl (C=O) groups excluding carboxylic acids is 1. The minimum absolute atomic E-state index is 0.0626. The van der Waals surface area contributed by atoms with E-state index in [2.05, 4.69) is 39.5 Å². The Morgan fingerprint density at radius 1 is 1.14 bits per heavy atom. The SMILES string of the molecule is O=C(c1cncc(NCC2CCCO2)c1)N1CCN(Cc2ccccc2)CC1. The van der Waals surface area contributed by atoms with E-state index in [1.165, 1.54) is 5.56 Å². The van der Waals surface area contributed by atoms with Gasteiger partial charge in [0.05, 0.1) is 17.4 Å². The Balaban J connectivity index is 1.29. The molecule has 2 aliphatic rings. The number of benzene rings is 1. The molecular weight excluding hydrogens is 352 g/mol. The minimum Gasteiger partial charge on any atom is -0.381 e. The van der Waals surface area contributed by atoms with Crippen LogP contribution in [-0.2, 0) is 11.3 Å². The number of nitrogens with one attached hydrogen (secondary N) is 1. The maximum absolute atomic E-state index is 12.9. The largest absolute Gasteiger partial charge is 0.381 e. The first kappa shape index (κ1) is 18.9. The molecule has 6 nitrogen and oxygen atoms in total. The molecule has 148 valence electrons. The van der Waals surface area contributed by atoms with Crippen LogP contribution in [0, 0.1) is 0 Å². The molecule has 0 aliphatic carbocycles. The number of anilines is 1. The summed E-state index contributed by atoms with van der Waals surface area (Å²) < 4.78 is 5.64. The topological polar surface area (TPSA) is 57.7 Å². The Kier molecular flexibility index (Phi) is 6.19. The summed E-state index contributed by atoms with van der Waals surface area (Å²) in [6.07, 6.45) is 5.91. The fourth-order valence-electron chi connectivity index (χ4n) is 3.82. The minimum atomic E-state index is 0.0626. The maximum Gasteiger partial charge on any atom is 0.255 e. The molecule has 6 heteroatoms. The number of hydrogen-bond acceptors (Lipinski definition) is 5. The van der Waals surface area contributed by atoms with Crippen LogP contribution in [0.3, 0.4) is 0 Å². The zero-order chi connectivity index (χ0) is 19.2. The molecule has 1 amide bonds. The lowest BCUT2D eigenvalue weighted by Gasteiger charge is -2.34. The Labute approximate surface area is 166 Å². The van der Waals surface area contributed by atoms with Crippen molar-refractivity contribution in [3.8, 4) is 0 Å². The van der Waals surface area contributed by atoms with Crippen molar-refractivity contribution < 1.29 is 9.53 Å². The van der Waals surface area contributed by atoms with Crippen molar-refractivity contribution in [2.24, 2.45) is 0 Å². The smallest absolute Gasteiger partial charge is 0.255 e. The number of ether oxygens (including phenoxy) is 1. The first-order valence-electron chi connectivity index (χ1n) is 10.1. The van der Waals surface area contributed by atoms with Crippen molar-refractivity contribution in [2.75, 3.05) is 44.6 Å². The Hall–Kier alpha value is -2.44. The summed E-state index contributed by atoms with van der Waals surface area (Å²) in [4.78, 5) is 21.5. The Bertz CT molecular complexity index is 769. The summed E-state index contributed by atoms with van der Waals surface area (Å²) in [5.74, 6) is 0.0626. The van der Waals surface area contributed by atoms with Gasteiger partial charge >= 0.3 is 0 Å². The monoisotopic (exact) mass is 380 g/mol. The standard InChI is InChI=1S/C22H28N4O2/c27-22(19-13-20(15-23-14-19)24-16-21-7-4-12-28-21)26-10-8-25(9-11-26)17-18-5-2-1-3-6-18/h1-3,5-6,13-15,21,24H,4,7-12,16-17H2. The van der Waals surface area contributed by atoms with Crippen LogP contribution in [0.15, 0.2) is 48.8 Å². The molecule has 28 heavy (non-hydrogen) atoms. The average molecular weight is 380 g/mol. The van der Waals surface area contributed by atoms with Crippen LogP contribution in [0.2, 0.25) is 0 Å². The van der Waals surface area contributed by atoms with E-state index in [0.717, 1.165) is 64.4 Å². The van der Waals surface area contributed by atoms with Crippen LogP contribution >= 0.6 is 0 Å². The van der Waals surface area contributed by atoms with Gasteiger partial charge in [-0.3, -0.25) is 14.7 Å². The molecule has 0 bridgehead atoms. The van der Waals surface area contributed by atoms with Gasteiger partial charge in [0.25, 0.3) is 5.91 Å². The third kappa shape index (κ3) is 4.88. The number of aromatic nitrogens is 1. The second kappa shape index (κ2) is 9.17. The van der Waals surface area contributed by atoms with Gasteiger partial charge in [-0.2, -0.15) is 0 Å². The number of carbonyl (C=O) groups is 1. The molecule has 2 aliphatic heterocycles. The molecule has 1 aromatic heterocycles. The molecule has 2 fully saturated rings. The second-order valence-corrected chi connectivity index (χ2v) is 7.53. The van der Waals surface area contributed by atoms with Crippen LogP contribution in [-0.4, -0.2) is 66.1 Å². The lowest BCUT2D eigenvalue weighted by atomic mass is 10.1. The van der Waals surface area contributed by atoms with Crippen LogP contribution in [0.4, 0.5) is 5.69 Å². The highest BCUT2D eigenvalue weighted by molar-refractivity contribution is 5.94. The summed E-state index contributed by atoms with van der Waals surface area (Å²) in [5, 5.41) is 3.35. The quantitative estimate of drug-likeness (QED) is 0.835. The molecule has 1 aromatic carbocycles. The van der Waals surface area contributed by atoms with E-state index in [4.69, 9.17) is 4.74 Å². The third-order valence-corrected chi connectivity index (χ3v) is 5.45. The van der Waals surface area contributed by atoms with Gasteiger partial charge in [-0.25, -0.2) is 0 Å². The zero-order valence-electron chi connectivity index (χ0n) is 16.2. The number of piperazine rings is 1. The fourth-order valence-corrected chi connectivity index (χ4v) is 3.82. The number of pyridine rings is 1. The van der Waals surface area contributed by atoms with Crippen LogP contribution < -0.4 is 5.32 Å². The second-order valence-electron chi connectivity index (χ2n) is 7.53. The van der Waals surface area contributed by atoms with Crippen molar-refractivity contribution in [3.63, 3.8) is 0 Å². The van der Waals surface area contributed by atoms with Crippen LogP contribution in [0.25, 0.3) is 0 Å². The highest BCUT2D eigenvalue weighted by atomic mass is 16.5. The van der Waals surface area contributed by atoms with Crippen LogP contribution in [0.5, 0.6) is 0 Å². The summed E-state index contributed by atoms with van der Waals surface area (Å²) in [5.41, 5.74) is 2.84. The highest BCUT2D eigenvalue weighted by Crippen LogP contribution is 2.16. The number of amides is 1. The van der Waals surface area contributed by atoms with Crippen molar-refractivity contribution in [2.45, 2.75) is 25.5 Å². The summed E-state index contributed by atoms with van der Waals surface area (Å²) in [6, 6.07) is 12.4. The first-order chi connectivity index (χ1) is 13.8. The van der Waals surface area contributed by atoms with E-state index in [1.54, 1.807) is 12.4 Å². The van der Waals surface area contributed by atoms with E-state index in [9.17, 15) is 4.79 Å². The molecule has 1 N–H and O–H groups in total. The molecular formula is C22H28N4O2. The van der Waals surface area contributed by atoms with E-state index in [0.29, 0.717) is 5.56 Å². The molecule has 0 spiro atoms. The van der Waals surface area contributed by atoms with Gasteiger partial charge in [0.1, 0.15) is 0 Å². The number of nitrogens with zero attached hydrogens (tertiary/aromatic N) is 3. The molecule has 0 radical (unpaired) electrons. The number of hydrogen-bond donors (Lipinski definition) is 1. The van der Waals surface area contributed by atoms with Gasteiger partial charge in [-0.05, 0) is 24.5 Å². The first-order valence-corrected chi connectivity index (χ1v) is 10.1. The van der Waals surface area contributed by atoms with E-state index in [-0.39, 0.29) is 12.0 Å². The normalized spacial score (nSPS) is 20.3. The summed E-state index contributed by atoms with van der Waals surface area (Å²) in [7, 11) is 0. The maximum atomic E-state index is 12.9. The van der Waals surface area contributed by atoms with Gasteiger partial charge < -0.3 is 15.0 Å². The Morgan fingerprint density at radius 2 is 1.96 bits per heavy atom. The lowest BCUT2D eigenvalue weighted by molar-refractivity contribution is 0.0628. The van der Waals surface area contributed by atoms with Gasteiger partial charge in [0, 0.05) is 58.3 Å². The summed E-state index contributed by atoms with van der Waals surface area (Å²) in [6.45, 7) is 5.83. The third-order valence-electron chi connectivity index (χ3n) is 5.45. The average Bonchev–Trinajstić information content (AvgIpc) is 3.27. The van der Waals surface area contributed by atoms with Gasteiger partial charge in [-0.15, -0.1) is 0 Å². The predicted octanol–water partition coefficient (Wildman–Crippen LogP) is 2.63. The lowest BCUT2D eigenvalue weighted by Crippen LogP contribution is -2.48. The van der Waals surface area contributed by atoms with Gasteiger partial charge in [0.15, 0.2) is 0 Å². The molecule has 3 heterocycles.